The van der Waals surface area contributed by atoms with Gasteiger partial charge in [-0.2, -0.15) is 0 Å². The van der Waals surface area contributed by atoms with Gasteiger partial charge in [-0.1, -0.05) is 59.4 Å². The Morgan fingerprint density at radius 3 is 2.32 bits per heavy atom. The number of ether oxygens (including phenoxy) is 1. The molecule has 5 heteroatoms. The zero-order chi connectivity index (χ0) is 22.1. The normalized spacial score (nSPS) is 10.9. The maximum atomic E-state index is 13.0. The van der Waals surface area contributed by atoms with E-state index in [0.29, 0.717) is 36.1 Å². The number of allylic oxidation sites excluding steroid dienone is 4. The van der Waals surface area contributed by atoms with Crippen molar-refractivity contribution in [2.75, 3.05) is 7.11 Å². The number of aromatic carboxylic acids is 1. The number of hydrogen-bond donors (Lipinski definition) is 0. The van der Waals surface area contributed by atoms with Crippen LogP contribution in [0.15, 0.2) is 59.7 Å². The predicted molar refractivity (Wildman–Crippen MR) is 123 cm³/mol. The number of carbonyl (C=O) groups is 1. The molecule has 0 saturated carbocycles. The monoisotopic (exact) mass is 430 g/mol. The topological polar surface area (TPSA) is 72.4 Å². The van der Waals surface area contributed by atoms with Crippen molar-refractivity contribution in [2.24, 2.45) is 0 Å². The van der Waals surface area contributed by atoms with Crippen LogP contribution in [-0.2, 0) is 19.3 Å². The molecule has 2 rings (SSSR count). The summed E-state index contributed by atoms with van der Waals surface area (Å²) in [6.45, 7) is 6.15. The minimum absolute atomic E-state index is 0. The van der Waals surface area contributed by atoms with E-state index in [4.69, 9.17) is 4.74 Å². The van der Waals surface area contributed by atoms with Crippen LogP contribution in [0.5, 0.6) is 11.5 Å². The summed E-state index contributed by atoms with van der Waals surface area (Å²) in [4.78, 5) is 11.8. The first-order valence-electron chi connectivity index (χ1n) is 10.3. The zero-order valence-corrected chi connectivity index (χ0v) is 20.4. The molecule has 0 aliphatic carbocycles. The molecule has 0 radical (unpaired) electrons. The van der Waals surface area contributed by atoms with Gasteiger partial charge in [0, 0.05) is 0 Å². The van der Waals surface area contributed by atoms with Gasteiger partial charge < -0.3 is 19.7 Å². The smallest absolute Gasteiger partial charge is 0.872 e. The molecule has 0 bridgehead atoms. The number of rotatable bonds is 10. The van der Waals surface area contributed by atoms with Crippen molar-refractivity contribution in [1.29, 1.82) is 0 Å². The summed E-state index contributed by atoms with van der Waals surface area (Å²) in [7, 11) is 1.50. The van der Waals surface area contributed by atoms with Crippen molar-refractivity contribution in [1.82, 2.24) is 0 Å². The molecule has 0 amide bonds. The SMILES string of the molecule is COc1cc(CCc2ccccc2)c(C(=O)[O-])c([O-])c1C/C=C(\C)CCC=C(C)C.[Mg+2]. The largest absolute Gasteiger partial charge is 2.00 e. The molecule has 2 aromatic rings. The molecule has 4 nitrogen and oxygen atoms in total. The van der Waals surface area contributed by atoms with Gasteiger partial charge in [0.2, 0.25) is 0 Å². The van der Waals surface area contributed by atoms with Gasteiger partial charge >= 0.3 is 23.1 Å². The molecule has 0 unspecified atom stereocenters. The Labute approximate surface area is 201 Å². The number of carboxylic acid groups (broad SMARTS) is 1. The minimum atomic E-state index is -1.43. The van der Waals surface area contributed by atoms with Crippen molar-refractivity contribution in [3.8, 4) is 11.5 Å². The summed E-state index contributed by atoms with van der Waals surface area (Å²) in [5, 5.41) is 24.8. The van der Waals surface area contributed by atoms with E-state index in [9.17, 15) is 15.0 Å². The average molecular weight is 431 g/mol. The fourth-order valence-corrected chi connectivity index (χ4v) is 3.41. The summed E-state index contributed by atoms with van der Waals surface area (Å²) in [6.07, 6.45) is 7.37. The molecule has 0 spiro atoms. The van der Waals surface area contributed by atoms with Gasteiger partial charge in [-0.05, 0) is 81.2 Å². The molecular formula is C26H30MgO4. The molecule has 0 atom stereocenters. The quantitative estimate of drug-likeness (QED) is 0.425. The van der Waals surface area contributed by atoms with Crippen LogP contribution in [0.4, 0.5) is 0 Å². The number of hydrogen-bond acceptors (Lipinski definition) is 4. The minimum Gasteiger partial charge on any atom is -0.872 e. The van der Waals surface area contributed by atoms with Crippen molar-refractivity contribution in [3.05, 3.63) is 82.0 Å². The van der Waals surface area contributed by atoms with E-state index >= 15 is 0 Å². The summed E-state index contributed by atoms with van der Waals surface area (Å²) in [5.41, 5.74) is 4.06. The van der Waals surface area contributed by atoms with E-state index in [-0.39, 0.29) is 28.6 Å². The molecule has 31 heavy (non-hydrogen) atoms. The molecule has 0 aliphatic rings. The number of methoxy groups -OCH3 is 1. The van der Waals surface area contributed by atoms with Gasteiger partial charge in [-0.3, -0.25) is 0 Å². The van der Waals surface area contributed by atoms with Crippen LogP contribution in [0.1, 0.15) is 60.7 Å². The summed E-state index contributed by atoms with van der Waals surface area (Å²) < 4.78 is 5.45. The van der Waals surface area contributed by atoms with Gasteiger partial charge in [0.1, 0.15) is 5.75 Å². The van der Waals surface area contributed by atoms with Crippen molar-refractivity contribution < 1.29 is 19.7 Å². The maximum Gasteiger partial charge on any atom is 2.00 e. The van der Waals surface area contributed by atoms with Crippen molar-refractivity contribution in [3.63, 3.8) is 0 Å². The first-order chi connectivity index (χ1) is 14.3. The van der Waals surface area contributed by atoms with Gasteiger partial charge in [0.25, 0.3) is 0 Å². The van der Waals surface area contributed by atoms with Crippen molar-refractivity contribution >= 4 is 29.0 Å². The third-order valence-corrected chi connectivity index (χ3v) is 5.12. The third-order valence-electron chi connectivity index (χ3n) is 5.12. The second kappa shape index (κ2) is 13.2. The molecule has 0 heterocycles. The van der Waals surface area contributed by atoms with E-state index in [1.165, 1.54) is 12.7 Å². The molecule has 0 aromatic heterocycles. The van der Waals surface area contributed by atoms with Gasteiger partial charge in [0.15, 0.2) is 0 Å². The summed E-state index contributed by atoms with van der Waals surface area (Å²) >= 11 is 0. The van der Waals surface area contributed by atoms with Crippen LogP contribution in [0.3, 0.4) is 0 Å². The van der Waals surface area contributed by atoms with Crippen LogP contribution in [0.25, 0.3) is 0 Å². The number of carboxylic acids is 1. The van der Waals surface area contributed by atoms with Crippen LogP contribution >= 0.6 is 0 Å². The Morgan fingerprint density at radius 2 is 1.74 bits per heavy atom. The standard InChI is InChI=1S/C26H32O4.Mg/c1-18(2)9-8-10-19(3)13-16-22-23(30-4)17-21(24(25(22)27)26(28)29)15-14-20-11-6-5-7-12-20;/h5-7,9,11-13,17,27H,8,10,14-16H2,1-4H3,(H,28,29);/q;+2/p-2/b19-13+;. The Kier molecular flexibility index (Phi) is 11.4. The Bertz CT molecular complexity index is 926. The molecule has 0 N–H and O–H groups in total. The maximum absolute atomic E-state index is 13.0. The van der Waals surface area contributed by atoms with E-state index in [1.54, 1.807) is 6.07 Å². The first-order valence-corrected chi connectivity index (χ1v) is 10.3. The molecule has 0 saturated heterocycles. The van der Waals surface area contributed by atoms with E-state index in [0.717, 1.165) is 24.0 Å². The molecule has 160 valence electrons. The zero-order valence-electron chi connectivity index (χ0n) is 19.0. The number of aryl methyl sites for hydroxylation is 2. The first kappa shape index (κ1) is 26.8. The van der Waals surface area contributed by atoms with Crippen molar-refractivity contribution in [2.45, 2.75) is 52.9 Å². The Hall–Kier alpha value is -2.24. The Morgan fingerprint density at radius 1 is 1.06 bits per heavy atom. The molecule has 0 aliphatic heterocycles. The molecule has 0 fully saturated rings. The second-order valence-electron chi connectivity index (χ2n) is 7.77. The van der Waals surface area contributed by atoms with Crippen LogP contribution in [-0.4, -0.2) is 36.1 Å². The van der Waals surface area contributed by atoms with Crippen LogP contribution < -0.4 is 14.9 Å². The van der Waals surface area contributed by atoms with Gasteiger partial charge in [-0.25, -0.2) is 0 Å². The fourth-order valence-electron chi connectivity index (χ4n) is 3.41. The van der Waals surface area contributed by atoms with E-state index in [1.807, 2.05) is 43.3 Å². The molecule has 2 aromatic carbocycles. The second-order valence-corrected chi connectivity index (χ2v) is 7.77. The fraction of sp³-hybridized carbons (Fsp3) is 0.346. The van der Waals surface area contributed by atoms with Crippen LogP contribution in [0.2, 0.25) is 0 Å². The van der Waals surface area contributed by atoms with Crippen LogP contribution in [0, 0.1) is 0 Å². The molecular weight excluding hydrogens is 401 g/mol. The summed E-state index contributed by atoms with van der Waals surface area (Å²) in [6, 6.07) is 11.4. The van der Waals surface area contributed by atoms with Gasteiger partial charge in [-0.15, -0.1) is 0 Å². The average Bonchev–Trinajstić information content (AvgIpc) is 2.71. The number of benzene rings is 2. The third kappa shape index (κ3) is 8.07. The van der Waals surface area contributed by atoms with E-state index in [2.05, 4.69) is 19.9 Å². The Balaban J connectivity index is 0.00000480. The van der Waals surface area contributed by atoms with Gasteiger partial charge in [0.05, 0.1) is 13.1 Å². The predicted octanol–water partition coefficient (Wildman–Crippen LogP) is 3.77. The van der Waals surface area contributed by atoms with E-state index < -0.39 is 11.7 Å². The summed E-state index contributed by atoms with van der Waals surface area (Å²) in [5.74, 6) is -1.51. The number of carbonyl (C=O) groups excluding carboxylic acids is 1.